The molecule has 0 bridgehead atoms. The molecule has 1 heterocycles. The minimum atomic E-state index is -0.444. The number of nitrogens with one attached hydrogen (secondary N) is 1. The Balaban J connectivity index is 1.86. The Hall–Kier alpha value is -3.21. The van der Waals surface area contributed by atoms with Gasteiger partial charge >= 0.3 is 0 Å². The highest BCUT2D eigenvalue weighted by Gasteiger charge is 2.04. The van der Waals surface area contributed by atoms with E-state index in [1.165, 1.54) is 6.33 Å². The largest absolute Gasteiger partial charge is 0.366 e. The maximum atomic E-state index is 11.1. The van der Waals surface area contributed by atoms with E-state index in [2.05, 4.69) is 15.3 Å². The molecule has 1 amide bonds. The van der Waals surface area contributed by atoms with Gasteiger partial charge < -0.3 is 11.1 Å². The predicted octanol–water partition coefficient (Wildman–Crippen LogP) is 2.99. The first kappa shape index (κ1) is 13.8. The third-order valence-electron chi connectivity index (χ3n) is 3.18. The van der Waals surface area contributed by atoms with Gasteiger partial charge in [-0.25, -0.2) is 9.97 Å². The zero-order valence-electron chi connectivity index (χ0n) is 11.7. The van der Waals surface area contributed by atoms with E-state index in [9.17, 15) is 4.79 Å². The number of rotatable bonds is 4. The molecule has 0 aliphatic rings. The van der Waals surface area contributed by atoms with Crippen LogP contribution in [-0.2, 0) is 0 Å². The lowest BCUT2D eigenvalue weighted by Gasteiger charge is -2.07. The number of amides is 1. The summed E-state index contributed by atoms with van der Waals surface area (Å²) in [5, 5.41) is 3.22. The molecule has 0 aliphatic heterocycles. The Bertz CT molecular complexity index is 785. The fourth-order valence-corrected chi connectivity index (χ4v) is 2.06. The van der Waals surface area contributed by atoms with Gasteiger partial charge in [0, 0.05) is 22.9 Å². The van der Waals surface area contributed by atoms with Crippen LogP contribution >= 0.6 is 0 Å². The fraction of sp³-hybridized carbons (Fsp3) is 0. The molecule has 0 unspecified atom stereocenters. The van der Waals surface area contributed by atoms with E-state index in [0.29, 0.717) is 11.4 Å². The molecule has 0 fully saturated rings. The monoisotopic (exact) mass is 290 g/mol. The van der Waals surface area contributed by atoms with Crippen LogP contribution in [0.3, 0.4) is 0 Å². The van der Waals surface area contributed by atoms with E-state index in [-0.39, 0.29) is 0 Å². The summed E-state index contributed by atoms with van der Waals surface area (Å²) in [5.74, 6) is 0.260. The quantitative estimate of drug-likeness (QED) is 0.774. The van der Waals surface area contributed by atoms with Crippen LogP contribution in [0.1, 0.15) is 10.4 Å². The number of benzene rings is 2. The smallest absolute Gasteiger partial charge is 0.248 e. The normalized spacial score (nSPS) is 10.2. The van der Waals surface area contributed by atoms with Crippen molar-refractivity contribution in [2.45, 2.75) is 0 Å². The Kier molecular flexibility index (Phi) is 3.78. The van der Waals surface area contributed by atoms with Crippen LogP contribution in [0.5, 0.6) is 0 Å². The third kappa shape index (κ3) is 3.09. The molecule has 22 heavy (non-hydrogen) atoms. The number of primary amides is 1. The number of para-hydroxylation sites is 1. The standard InChI is InChI=1S/C17H14N4O/c18-17(22)13-8-6-12(7-9-13)15-10-16(20-11-19-15)21-14-4-2-1-3-5-14/h1-11H,(H2,18,22)(H,19,20,21). The molecule has 3 rings (SSSR count). The number of carbonyl (C=O) groups excluding carboxylic acids is 1. The van der Waals surface area contributed by atoms with Gasteiger partial charge in [-0.3, -0.25) is 4.79 Å². The molecule has 0 saturated heterocycles. The lowest BCUT2D eigenvalue weighted by molar-refractivity contribution is 0.100. The van der Waals surface area contributed by atoms with E-state index in [0.717, 1.165) is 16.9 Å². The molecule has 5 nitrogen and oxygen atoms in total. The second-order valence-corrected chi connectivity index (χ2v) is 4.72. The minimum absolute atomic E-state index is 0.444. The van der Waals surface area contributed by atoms with Crippen LogP contribution in [0, 0.1) is 0 Å². The van der Waals surface area contributed by atoms with Crippen molar-refractivity contribution in [2.24, 2.45) is 5.73 Å². The molecule has 1 aromatic heterocycles. The molecule has 0 radical (unpaired) electrons. The number of nitrogens with two attached hydrogens (primary N) is 1. The number of hydrogen-bond donors (Lipinski definition) is 2. The molecule has 0 spiro atoms. The van der Waals surface area contributed by atoms with Crippen LogP contribution in [0.25, 0.3) is 11.3 Å². The molecule has 0 atom stereocenters. The van der Waals surface area contributed by atoms with Crippen LogP contribution in [-0.4, -0.2) is 15.9 Å². The SMILES string of the molecule is NC(=O)c1ccc(-c2cc(Nc3ccccc3)ncn2)cc1. The zero-order chi connectivity index (χ0) is 15.4. The van der Waals surface area contributed by atoms with Gasteiger partial charge in [0.05, 0.1) is 5.69 Å². The van der Waals surface area contributed by atoms with Gasteiger partial charge in [-0.15, -0.1) is 0 Å². The lowest BCUT2D eigenvalue weighted by Crippen LogP contribution is -2.10. The Labute approximate surface area is 127 Å². The zero-order valence-corrected chi connectivity index (χ0v) is 11.7. The van der Waals surface area contributed by atoms with E-state index >= 15 is 0 Å². The summed E-state index contributed by atoms with van der Waals surface area (Å²) in [6.07, 6.45) is 1.50. The number of anilines is 2. The van der Waals surface area contributed by atoms with E-state index < -0.39 is 5.91 Å². The summed E-state index contributed by atoms with van der Waals surface area (Å²) >= 11 is 0. The molecule has 5 heteroatoms. The summed E-state index contributed by atoms with van der Waals surface area (Å²) in [6.45, 7) is 0. The minimum Gasteiger partial charge on any atom is -0.366 e. The number of aromatic nitrogens is 2. The summed E-state index contributed by atoms with van der Waals surface area (Å²) in [7, 11) is 0. The maximum Gasteiger partial charge on any atom is 0.248 e. The van der Waals surface area contributed by atoms with Gasteiger partial charge in [-0.1, -0.05) is 30.3 Å². The van der Waals surface area contributed by atoms with Crippen LogP contribution in [0.4, 0.5) is 11.5 Å². The van der Waals surface area contributed by atoms with Crippen molar-refractivity contribution in [3.63, 3.8) is 0 Å². The lowest BCUT2D eigenvalue weighted by atomic mass is 10.1. The van der Waals surface area contributed by atoms with Crippen molar-refractivity contribution in [2.75, 3.05) is 5.32 Å². The van der Waals surface area contributed by atoms with Gasteiger partial charge in [0.1, 0.15) is 12.1 Å². The average molecular weight is 290 g/mol. The molecular weight excluding hydrogens is 276 g/mol. The Morgan fingerprint density at radius 3 is 2.36 bits per heavy atom. The van der Waals surface area contributed by atoms with Crippen molar-refractivity contribution in [1.29, 1.82) is 0 Å². The van der Waals surface area contributed by atoms with E-state index in [4.69, 9.17) is 5.73 Å². The summed E-state index contributed by atoms with van der Waals surface area (Å²) in [4.78, 5) is 19.6. The van der Waals surface area contributed by atoms with Crippen LogP contribution < -0.4 is 11.1 Å². The number of carbonyl (C=O) groups is 1. The molecule has 108 valence electrons. The van der Waals surface area contributed by atoms with Crippen molar-refractivity contribution < 1.29 is 4.79 Å². The predicted molar refractivity (Wildman–Crippen MR) is 85.7 cm³/mol. The first-order valence-corrected chi connectivity index (χ1v) is 6.77. The van der Waals surface area contributed by atoms with E-state index in [1.54, 1.807) is 12.1 Å². The molecule has 0 aliphatic carbocycles. The molecule has 2 aromatic carbocycles. The van der Waals surface area contributed by atoms with Crippen LogP contribution in [0.2, 0.25) is 0 Å². The van der Waals surface area contributed by atoms with Crippen LogP contribution in [0.15, 0.2) is 67.0 Å². The van der Waals surface area contributed by atoms with Crippen molar-refractivity contribution in [3.05, 3.63) is 72.6 Å². The molecule has 3 aromatic rings. The molecule has 0 saturated carbocycles. The van der Waals surface area contributed by atoms with Gasteiger partial charge in [0.2, 0.25) is 5.91 Å². The first-order chi connectivity index (χ1) is 10.7. The summed E-state index contributed by atoms with van der Waals surface area (Å²) < 4.78 is 0. The van der Waals surface area contributed by atoms with Crippen molar-refractivity contribution in [1.82, 2.24) is 9.97 Å². The Morgan fingerprint density at radius 2 is 1.68 bits per heavy atom. The van der Waals surface area contributed by atoms with Crippen molar-refractivity contribution >= 4 is 17.4 Å². The molecule has 3 N–H and O–H groups in total. The first-order valence-electron chi connectivity index (χ1n) is 6.77. The number of hydrogen-bond acceptors (Lipinski definition) is 4. The topological polar surface area (TPSA) is 80.9 Å². The van der Waals surface area contributed by atoms with Gasteiger partial charge in [-0.2, -0.15) is 0 Å². The Morgan fingerprint density at radius 1 is 0.955 bits per heavy atom. The van der Waals surface area contributed by atoms with Gasteiger partial charge in [0.15, 0.2) is 0 Å². The summed E-state index contributed by atoms with van der Waals surface area (Å²) in [5.41, 5.74) is 8.33. The third-order valence-corrected chi connectivity index (χ3v) is 3.18. The van der Waals surface area contributed by atoms with E-state index in [1.807, 2.05) is 48.5 Å². The second-order valence-electron chi connectivity index (χ2n) is 4.72. The second kappa shape index (κ2) is 6.05. The van der Waals surface area contributed by atoms with Gasteiger partial charge in [0.25, 0.3) is 0 Å². The van der Waals surface area contributed by atoms with Gasteiger partial charge in [-0.05, 0) is 24.3 Å². The maximum absolute atomic E-state index is 11.1. The van der Waals surface area contributed by atoms with Crippen molar-refractivity contribution in [3.8, 4) is 11.3 Å². The summed E-state index contributed by atoms with van der Waals surface area (Å²) in [6, 6.07) is 18.6. The highest BCUT2D eigenvalue weighted by Crippen LogP contribution is 2.21. The highest BCUT2D eigenvalue weighted by atomic mass is 16.1. The number of nitrogens with zero attached hydrogens (tertiary/aromatic N) is 2. The molecular formula is C17H14N4O. The average Bonchev–Trinajstić information content (AvgIpc) is 2.56. The fourth-order valence-electron chi connectivity index (χ4n) is 2.06. The highest BCUT2D eigenvalue weighted by molar-refractivity contribution is 5.93.